The monoisotopic (exact) mass is 556 g/mol. The molecule has 4 atom stereocenters. The number of hydrogen-bond donors (Lipinski definition) is 1. The number of hydrogen-bond acceptors (Lipinski definition) is 7. The Morgan fingerprint density at radius 2 is 1.87 bits per heavy atom. The van der Waals surface area contributed by atoms with Crippen LogP contribution in [0.5, 0.6) is 11.5 Å². The molecule has 6 rings (SSSR count). The molecule has 3 aromatic rings. The van der Waals surface area contributed by atoms with Crippen molar-refractivity contribution in [1.82, 2.24) is 14.9 Å². The number of likely N-dealkylation sites (tertiary alicyclic amines) is 1. The van der Waals surface area contributed by atoms with Gasteiger partial charge in [-0.15, -0.1) is 0 Å². The Kier molecular flexibility index (Phi) is 6.99. The highest BCUT2D eigenvalue weighted by Crippen LogP contribution is 2.43. The average molecular weight is 557 g/mol. The maximum atomic E-state index is 14.6. The minimum atomic E-state index is -0.914. The molecular formula is C28H27ClF2N4O4. The van der Waals surface area contributed by atoms with Crippen LogP contribution in [0.2, 0.25) is 5.02 Å². The Morgan fingerprint density at radius 3 is 2.59 bits per heavy atom. The fraction of sp³-hybridized carbons (Fsp3) is 0.393. The summed E-state index contributed by atoms with van der Waals surface area (Å²) >= 11 is 5.77. The van der Waals surface area contributed by atoms with Gasteiger partial charge in [-0.3, -0.25) is 4.79 Å². The van der Waals surface area contributed by atoms with Gasteiger partial charge in [0, 0.05) is 31.0 Å². The van der Waals surface area contributed by atoms with E-state index in [9.17, 15) is 13.6 Å². The number of fused-ring (bicyclic) bond motifs is 2. The highest BCUT2D eigenvalue weighted by molar-refractivity contribution is 6.31. The molecule has 11 heteroatoms. The molecule has 3 aliphatic rings. The molecule has 8 nitrogen and oxygen atoms in total. The van der Waals surface area contributed by atoms with E-state index in [0.717, 1.165) is 25.3 Å². The fourth-order valence-corrected chi connectivity index (χ4v) is 5.88. The minimum Gasteiger partial charge on any atom is -0.486 e. The first-order chi connectivity index (χ1) is 18.9. The number of benzene rings is 2. The number of carbonyl (C=O) groups is 1. The molecule has 1 saturated carbocycles. The van der Waals surface area contributed by atoms with Crippen LogP contribution in [0.3, 0.4) is 0 Å². The summed E-state index contributed by atoms with van der Waals surface area (Å²) in [5.74, 6) is 0.292. The van der Waals surface area contributed by atoms with Gasteiger partial charge in [-0.05, 0) is 49.0 Å². The van der Waals surface area contributed by atoms with E-state index in [-0.39, 0.29) is 23.8 Å². The number of nitrogens with zero attached hydrogens (tertiary/aromatic N) is 3. The van der Waals surface area contributed by atoms with Crippen LogP contribution in [-0.2, 0) is 9.53 Å². The first-order valence-corrected chi connectivity index (χ1v) is 13.3. The molecule has 0 bridgehead atoms. The Balaban J connectivity index is 1.30. The lowest BCUT2D eigenvalue weighted by molar-refractivity contribution is -0.125. The molecule has 3 fully saturated rings. The first-order valence-electron chi connectivity index (χ1n) is 12.9. The summed E-state index contributed by atoms with van der Waals surface area (Å²) < 4.78 is 46.6. The lowest BCUT2D eigenvalue weighted by Gasteiger charge is -2.22. The molecule has 2 saturated heterocycles. The van der Waals surface area contributed by atoms with E-state index in [4.69, 9.17) is 25.8 Å². The lowest BCUT2D eigenvalue weighted by atomic mass is 10.0. The number of nitrogens with one attached hydrogen (secondary N) is 1. The molecule has 1 aromatic heterocycles. The maximum Gasteiger partial charge on any atom is 0.245 e. The topological polar surface area (TPSA) is 85.8 Å². The molecule has 0 unspecified atom stereocenters. The highest BCUT2D eigenvalue weighted by atomic mass is 35.5. The van der Waals surface area contributed by atoms with E-state index in [0.29, 0.717) is 66.4 Å². The normalized spacial score (nSPS) is 24.1. The van der Waals surface area contributed by atoms with Crippen molar-refractivity contribution >= 4 is 39.9 Å². The third-order valence-electron chi connectivity index (χ3n) is 7.66. The van der Waals surface area contributed by atoms with Crippen LogP contribution in [-0.4, -0.2) is 59.3 Å². The number of aromatic nitrogens is 2. The summed E-state index contributed by atoms with van der Waals surface area (Å²) in [6.07, 6.45) is 4.93. The molecule has 1 aliphatic carbocycles. The smallest absolute Gasteiger partial charge is 0.245 e. The van der Waals surface area contributed by atoms with E-state index < -0.39 is 16.7 Å². The molecule has 0 radical (unpaired) electrons. The van der Waals surface area contributed by atoms with Crippen LogP contribution in [0, 0.1) is 23.5 Å². The number of halogens is 3. The Hall–Kier alpha value is -3.50. The van der Waals surface area contributed by atoms with Crippen molar-refractivity contribution in [3.8, 4) is 11.5 Å². The van der Waals surface area contributed by atoms with E-state index in [2.05, 4.69) is 21.9 Å². The molecule has 1 N–H and O–H groups in total. The van der Waals surface area contributed by atoms with Crippen molar-refractivity contribution in [2.45, 2.75) is 31.5 Å². The molecule has 2 aliphatic heterocycles. The van der Waals surface area contributed by atoms with Crippen molar-refractivity contribution in [3.63, 3.8) is 0 Å². The summed E-state index contributed by atoms with van der Waals surface area (Å²) in [7, 11) is 0. The summed E-state index contributed by atoms with van der Waals surface area (Å²) in [5, 5.41) is 2.88. The summed E-state index contributed by atoms with van der Waals surface area (Å²) in [6.45, 7) is 6.10. The van der Waals surface area contributed by atoms with Crippen molar-refractivity contribution in [2.75, 3.05) is 31.6 Å². The van der Waals surface area contributed by atoms with Crippen LogP contribution >= 0.6 is 11.6 Å². The van der Waals surface area contributed by atoms with Gasteiger partial charge in [0.05, 0.1) is 30.5 Å². The lowest BCUT2D eigenvalue weighted by Crippen LogP contribution is -2.29. The van der Waals surface area contributed by atoms with E-state index in [1.165, 1.54) is 18.5 Å². The minimum absolute atomic E-state index is 0.0189. The van der Waals surface area contributed by atoms with Gasteiger partial charge in [-0.2, -0.15) is 0 Å². The number of rotatable bonds is 7. The average Bonchev–Trinajstić information content (AvgIpc) is 3.66. The third-order valence-corrected chi connectivity index (χ3v) is 8.00. The maximum absolute atomic E-state index is 14.6. The van der Waals surface area contributed by atoms with Crippen LogP contribution < -0.4 is 14.8 Å². The van der Waals surface area contributed by atoms with Crippen LogP contribution in [0.1, 0.15) is 19.3 Å². The molecule has 204 valence electrons. The second kappa shape index (κ2) is 10.6. The van der Waals surface area contributed by atoms with E-state index in [1.807, 2.05) is 4.90 Å². The van der Waals surface area contributed by atoms with Gasteiger partial charge in [-0.25, -0.2) is 18.7 Å². The van der Waals surface area contributed by atoms with Gasteiger partial charge >= 0.3 is 0 Å². The van der Waals surface area contributed by atoms with E-state index in [1.54, 1.807) is 12.1 Å². The van der Waals surface area contributed by atoms with Crippen molar-refractivity contribution < 1.29 is 27.8 Å². The Bertz CT molecular complexity index is 1420. The number of anilines is 2. The molecule has 3 heterocycles. The SMILES string of the molecule is C=CC(=O)N1C[C@H]2C[C@@H](Oc3cc4c(Nc5ccc(F)c(Cl)c5F)ncnc4cc3O[C@H]3CCOC3)C[C@H]2C1. The molecule has 1 amide bonds. The predicted octanol–water partition coefficient (Wildman–Crippen LogP) is 5.27. The number of carbonyl (C=O) groups excluding carboxylic acids is 1. The van der Waals surface area contributed by atoms with Gasteiger partial charge in [0.25, 0.3) is 0 Å². The van der Waals surface area contributed by atoms with Gasteiger partial charge < -0.3 is 24.4 Å². The third kappa shape index (κ3) is 5.10. The number of ether oxygens (including phenoxy) is 3. The first kappa shape index (κ1) is 25.8. The second-order valence-corrected chi connectivity index (χ2v) is 10.5. The van der Waals surface area contributed by atoms with Gasteiger partial charge in [0.2, 0.25) is 5.91 Å². The summed E-state index contributed by atoms with van der Waals surface area (Å²) in [5.41, 5.74) is 0.541. The molecule has 2 aromatic carbocycles. The predicted molar refractivity (Wildman–Crippen MR) is 141 cm³/mol. The van der Waals surface area contributed by atoms with Gasteiger partial charge in [0.1, 0.15) is 29.1 Å². The van der Waals surface area contributed by atoms with Crippen LogP contribution in [0.4, 0.5) is 20.3 Å². The van der Waals surface area contributed by atoms with Crippen LogP contribution in [0.25, 0.3) is 10.9 Å². The van der Waals surface area contributed by atoms with Crippen molar-refractivity contribution in [1.29, 1.82) is 0 Å². The van der Waals surface area contributed by atoms with Gasteiger partial charge in [0.15, 0.2) is 17.3 Å². The highest BCUT2D eigenvalue weighted by Gasteiger charge is 2.43. The fourth-order valence-electron chi connectivity index (χ4n) is 5.71. The Morgan fingerprint density at radius 1 is 1.13 bits per heavy atom. The van der Waals surface area contributed by atoms with Crippen LogP contribution in [0.15, 0.2) is 43.2 Å². The zero-order valence-electron chi connectivity index (χ0n) is 21.0. The summed E-state index contributed by atoms with van der Waals surface area (Å²) in [6, 6.07) is 5.91. The van der Waals surface area contributed by atoms with Crippen molar-refractivity contribution in [3.05, 3.63) is 59.9 Å². The summed E-state index contributed by atoms with van der Waals surface area (Å²) in [4.78, 5) is 22.6. The van der Waals surface area contributed by atoms with E-state index >= 15 is 0 Å². The zero-order chi connectivity index (χ0) is 27.1. The van der Waals surface area contributed by atoms with Crippen molar-refractivity contribution in [2.24, 2.45) is 11.8 Å². The number of amides is 1. The standard InChI is InChI=1S/C28H27ClF2N4O4/c1-2-25(36)35-11-15-7-18(8-16(15)12-35)39-23-9-19-22(10-24(23)38-17-5-6-37-13-17)32-14-33-28(19)34-21-4-3-20(30)26(29)27(21)31/h2-4,9-10,14-18H,1,5-8,11-13H2,(H,32,33,34)/t15-,16+,17-,18-/m0/s1. The quantitative estimate of drug-likeness (QED) is 0.313. The molecule has 0 spiro atoms. The van der Waals surface area contributed by atoms with Gasteiger partial charge in [-0.1, -0.05) is 18.2 Å². The zero-order valence-corrected chi connectivity index (χ0v) is 21.8. The largest absolute Gasteiger partial charge is 0.486 e. The Labute approximate surface area is 228 Å². The molecule has 39 heavy (non-hydrogen) atoms. The second-order valence-electron chi connectivity index (χ2n) is 10.2. The molecular weight excluding hydrogens is 530 g/mol.